The lowest BCUT2D eigenvalue weighted by Gasteiger charge is -2.28. The summed E-state index contributed by atoms with van der Waals surface area (Å²) >= 11 is 0. The van der Waals surface area contributed by atoms with E-state index < -0.39 is 26.8 Å². The van der Waals surface area contributed by atoms with Crippen molar-refractivity contribution in [2.24, 2.45) is 0 Å². The van der Waals surface area contributed by atoms with Crippen LogP contribution in [0.25, 0.3) is 0 Å². The van der Waals surface area contributed by atoms with Crippen molar-refractivity contribution < 1.29 is 35.0 Å². The number of carbonyl (C=O) groups excluding carboxylic acids is 1. The maximum Gasteiger partial charge on any atom is 0.416 e. The first-order chi connectivity index (χ1) is 17.6. The van der Waals surface area contributed by atoms with Crippen LogP contribution in [0, 0.1) is 0 Å². The molecule has 1 aliphatic rings. The van der Waals surface area contributed by atoms with Gasteiger partial charge < -0.3 is 18.8 Å². The first-order valence-corrected chi connectivity index (χ1v) is 13.3. The molecule has 198 valence electrons. The highest BCUT2D eigenvalue weighted by molar-refractivity contribution is 7.87. The molecule has 2 aromatic carbocycles. The number of urea groups is 1. The molecule has 37 heavy (non-hydrogen) atoms. The number of carbonyl (C=O) groups is 1. The van der Waals surface area contributed by atoms with Gasteiger partial charge in [0.1, 0.15) is 16.4 Å². The fourth-order valence-corrected chi connectivity index (χ4v) is 5.15. The zero-order valence-corrected chi connectivity index (χ0v) is 20.7. The van der Waals surface area contributed by atoms with Gasteiger partial charge in [-0.3, -0.25) is 0 Å². The molecule has 0 unspecified atom stereocenters. The van der Waals surface area contributed by atoms with Gasteiger partial charge in [-0.1, -0.05) is 37.5 Å². The van der Waals surface area contributed by atoms with Crippen LogP contribution in [0.4, 0.5) is 18.0 Å². The van der Waals surface area contributed by atoms with E-state index in [9.17, 15) is 26.4 Å². The second-order valence-corrected chi connectivity index (χ2v) is 10.5. The monoisotopic (exact) mass is 536 g/mol. The van der Waals surface area contributed by atoms with Gasteiger partial charge in [-0.2, -0.15) is 21.6 Å². The topological polar surface area (TPSA) is 88.9 Å². The molecule has 11 heteroatoms. The predicted molar refractivity (Wildman–Crippen MR) is 129 cm³/mol. The maximum absolute atomic E-state index is 13.0. The highest BCUT2D eigenvalue weighted by Gasteiger charge is 2.32. The summed E-state index contributed by atoms with van der Waals surface area (Å²) in [5.41, 5.74) is -0.384. The summed E-state index contributed by atoms with van der Waals surface area (Å²) < 4.78 is 74.4. The van der Waals surface area contributed by atoms with Crippen LogP contribution in [0.3, 0.4) is 0 Å². The van der Waals surface area contributed by atoms with E-state index in [1.54, 1.807) is 29.2 Å². The highest BCUT2D eigenvalue weighted by Crippen LogP contribution is 2.31. The second-order valence-electron chi connectivity index (χ2n) is 8.93. The van der Waals surface area contributed by atoms with Crippen LogP contribution in [-0.2, 0) is 29.4 Å². The molecular formula is C26H27F3N2O5S. The normalized spacial score (nSPS) is 14.8. The van der Waals surface area contributed by atoms with Crippen molar-refractivity contribution in [2.45, 2.75) is 62.3 Å². The number of rotatable bonds is 8. The second kappa shape index (κ2) is 11.3. The summed E-state index contributed by atoms with van der Waals surface area (Å²) in [6.07, 6.45) is 2.04. The molecule has 0 atom stereocenters. The van der Waals surface area contributed by atoms with Gasteiger partial charge in [0.15, 0.2) is 0 Å². The quantitative estimate of drug-likeness (QED) is 0.351. The average molecular weight is 537 g/mol. The van der Waals surface area contributed by atoms with E-state index in [1.807, 2.05) is 0 Å². The third-order valence-corrected chi connectivity index (χ3v) is 7.34. The van der Waals surface area contributed by atoms with E-state index in [2.05, 4.69) is 5.32 Å². The number of nitrogens with one attached hydrogen (secondary N) is 1. The molecule has 7 nitrogen and oxygen atoms in total. The van der Waals surface area contributed by atoms with Gasteiger partial charge >= 0.3 is 22.3 Å². The van der Waals surface area contributed by atoms with Gasteiger partial charge in [0.2, 0.25) is 0 Å². The number of benzene rings is 2. The Balaban J connectivity index is 1.45. The highest BCUT2D eigenvalue weighted by atomic mass is 32.2. The van der Waals surface area contributed by atoms with Gasteiger partial charge in [-0.15, -0.1) is 0 Å². The fraction of sp³-hybridized carbons (Fsp3) is 0.346. The Morgan fingerprint density at radius 2 is 1.73 bits per heavy atom. The van der Waals surface area contributed by atoms with E-state index in [1.165, 1.54) is 24.8 Å². The zero-order valence-electron chi connectivity index (χ0n) is 19.9. The van der Waals surface area contributed by atoms with Gasteiger partial charge in [0, 0.05) is 12.6 Å². The molecule has 1 heterocycles. The number of furan rings is 1. The zero-order chi connectivity index (χ0) is 26.5. The first-order valence-electron chi connectivity index (χ1n) is 11.9. The van der Waals surface area contributed by atoms with E-state index in [0.717, 1.165) is 43.9 Å². The molecule has 1 fully saturated rings. The van der Waals surface area contributed by atoms with Crippen LogP contribution in [0.5, 0.6) is 5.75 Å². The molecule has 0 radical (unpaired) electrons. The van der Waals surface area contributed by atoms with Crippen molar-refractivity contribution in [2.75, 3.05) is 0 Å². The number of nitrogens with zero attached hydrogens (tertiary/aromatic N) is 1. The molecule has 0 bridgehead atoms. The molecule has 1 saturated carbocycles. The summed E-state index contributed by atoms with van der Waals surface area (Å²) in [4.78, 5) is 14.0. The van der Waals surface area contributed by atoms with E-state index in [0.29, 0.717) is 17.4 Å². The van der Waals surface area contributed by atoms with Crippen molar-refractivity contribution in [1.29, 1.82) is 0 Å². The van der Waals surface area contributed by atoms with E-state index in [-0.39, 0.29) is 30.9 Å². The number of hydrogen-bond donors (Lipinski definition) is 1. The summed E-state index contributed by atoms with van der Waals surface area (Å²) in [5.74, 6) is 0.552. The van der Waals surface area contributed by atoms with Crippen molar-refractivity contribution in [3.63, 3.8) is 0 Å². The lowest BCUT2D eigenvalue weighted by Crippen LogP contribution is -2.44. The Morgan fingerprint density at radius 3 is 2.38 bits per heavy atom. The molecule has 0 aliphatic heterocycles. The smallest absolute Gasteiger partial charge is 0.416 e. The van der Waals surface area contributed by atoms with Crippen LogP contribution in [0.2, 0.25) is 0 Å². The largest absolute Gasteiger partial charge is 0.467 e. The van der Waals surface area contributed by atoms with Crippen LogP contribution < -0.4 is 9.50 Å². The van der Waals surface area contributed by atoms with Gasteiger partial charge in [0.25, 0.3) is 0 Å². The Bertz CT molecular complexity index is 1290. The van der Waals surface area contributed by atoms with Gasteiger partial charge in [-0.25, -0.2) is 4.79 Å². The SMILES string of the molecule is O=C(NC1CCCCC1)N(Cc1ccc(OS(=O)(=O)c2cccc(C(F)(F)F)c2)cc1)Cc1ccco1. The molecule has 4 rings (SSSR count). The molecule has 0 saturated heterocycles. The van der Waals surface area contributed by atoms with Crippen molar-refractivity contribution in [3.05, 3.63) is 83.8 Å². The number of hydrogen-bond acceptors (Lipinski definition) is 5. The summed E-state index contributed by atoms with van der Waals surface area (Å²) in [5, 5.41) is 3.09. The average Bonchev–Trinajstić information content (AvgIpc) is 3.38. The third-order valence-electron chi connectivity index (χ3n) is 6.10. The summed E-state index contributed by atoms with van der Waals surface area (Å²) in [6, 6.07) is 12.8. The fourth-order valence-electron chi connectivity index (χ4n) is 4.18. The molecule has 2 amide bonds. The van der Waals surface area contributed by atoms with Gasteiger partial charge in [-0.05, 0) is 60.9 Å². The van der Waals surface area contributed by atoms with Crippen LogP contribution in [-0.4, -0.2) is 25.4 Å². The number of amides is 2. The predicted octanol–water partition coefficient (Wildman–Crippen LogP) is 6.11. The Hall–Kier alpha value is -3.47. The van der Waals surface area contributed by atoms with E-state index in [4.69, 9.17) is 8.60 Å². The van der Waals surface area contributed by atoms with Crippen molar-refractivity contribution in [1.82, 2.24) is 10.2 Å². The molecule has 1 aliphatic carbocycles. The number of halogens is 3. The molecule has 1 N–H and O–H groups in total. The number of alkyl halides is 3. The molecular weight excluding hydrogens is 509 g/mol. The molecule has 3 aromatic rings. The minimum Gasteiger partial charge on any atom is -0.467 e. The summed E-state index contributed by atoms with van der Waals surface area (Å²) in [6.45, 7) is 0.466. The Kier molecular flexibility index (Phi) is 8.11. The van der Waals surface area contributed by atoms with Gasteiger partial charge in [0.05, 0.1) is 18.4 Å². The maximum atomic E-state index is 13.0. The Labute approximate surface area is 213 Å². The lowest BCUT2D eigenvalue weighted by atomic mass is 9.96. The summed E-state index contributed by atoms with van der Waals surface area (Å²) in [7, 11) is -4.48. The Morgan fingerprint density at radius 1 is 1.00 bits per heavy atom. The third kappa shape index (κ3) is 7.28. The van der Waals surface area contributed by atoms with Crippen LogP contribution in [0.1, 0.15) is 49.0 Å². The lowest BCUT2D eigenvalue weighted by molar-refractivity contribution is -0.137. The molecule has 0 spiro atoms. The van der Waals surface area contributed by atoms with Crippen LogP contribution >= 0.6 is 0 Å². The minimum atomic E-state index is -4.68. The molecule has 1 aromatic heterocycles. The van der Waals surface area contributed by atoms with Crippen molar-refractivity contribution in [3.8, 4) is 5.75 Å². The van der Waals surface area contributed by atoms with Crippen LogP contribution in [0.15, 0.2) is 76.2 Å². The van der Waals surface area contributed by atoms with E-state index >= 15 is 0 Å². The first kappa shape index (κ1) is 26.6. The standard InChI is InChI=1S/C26H27F3N2O5S/c27-26(28,29)20-6-4-10-24(16-20)37(33,34)36-22-13-11-19(12-14-22)17-31(18-23-9-5-15-35-23)25(32)30-21-7-2-1-3-8-21/h4-6,9-16,21H,1-3,7-8,17-18H2,(H,30,32). The minimum absolute atomic E-state index is 0.0644. The van der Waals surface area contributed by atoms with Crippen molar-refractivity contribution >= 4 is 16.1 Å².